The standard InChI is InChI=1S/C10H11ClN6OS2/c11-6-5-7(14-8(12)13-6)19-10-16-15-9(20-10)17-1-3-18-4-2-17/h5H,1-4H2,(H2,12,13,14). The van der Waals surface area contributed by atoms with E-state index in [2.05, 4.69) is 25.1 Å². The van der Waals surface area contributed by atoms with Crippen LogP contribution >= 0.6 is 34.7 Å². The quantitative estimate of drug-likeness (QED) is 0.848. The Hall–Kier alpha value is -1.16. The number of ether oxygens (including phenoxy) is 1. The molecule has 0 saturated carbocycles. The number of nitrogen functional groups attached to an aromatic ring is 1. The Morgan fingerprint density at radius 1 is 1.30 bits per heavy atom. The largest absolute Gasteiger partial charge is 0.378 e. The predicted molar refractivity (Wildman–Crippen MR) is 78.5 cm³/mol. The Bertz CT molecular complexity index is 583. The molecule has 1 fully saturated rings. The van der Waals surface area contributed by atoms with E-state index in [4.69, 9.17) is 22.1 Å². The summed E-state index contributed by atoms with van der Waals surface area (Å²) in [7, 11) is 0. The molecule has 0 atom stereocenters. The van der Waals surface area contributed by atoms with Crippen LogP contribution in [0.1, 0.15) is 0 Å². The summed E-state index contributed by atoms with van der Waals surface area (Å²) >= 11 is 8.73. The van der Waals surface area contributed by atoms with Gasteiger partial charge in [-0.25, -0.2) is 9.97 Å². The molecule has 2 N–H and O–H groups in total. The van der Waals surface area contributed by atoms with Crippen molar-refractivity contribution in [1.29, 1.82) is 0 Å². The third-order valence-electron chi connectivity index (χ3n) is 2.56. The minimum Gasteiger partial charge on any atom is -0.378 e. The molecule has 3 rings (SSSR count). The predicted octanol–water partition coefficient (Wildman–Crippen LogP) is 1.55. The topological polar surface area (TPSA) is 90.0 Å². The molecule has 2 aromatic rings. The van der Waals surface area contributed by atoms with E-state index in [1.54, 1.807) is 6.07 Å². The van der Waals surface area contributed by atoms with E-state index >= 15 is 0 Å². The summed E-state index contributed by atoms with van der Waals surface area (Å²) in [5, 5.41) is 10.2. The average molecular weight is 331 g/mol. The van der Waals surface area contributed by atoms with E-state index in [9.17, 15) is 0 Å². The lowest BCUT2D eigenvalue weighted by Crippen LogP contribution is -2.36. The molecule has 0 bridgehead atoms. The maximum absolute atomic E-state index is 5.84. The number of nitrogens with zero attached hydrogens (tertiary/aromatic N) is 5. The highest BCUT2D eigenvalue weighted by molar-refractivity contribution is 8.01. The van der Waals surface area contributed by atoms with E-state index in [-0.39, 0.29) is 5.95 Å². The van der Waals surface area contributed by atoms with Crippen molar-refractivity contribution < 1.29 is 4.74 Å². The van der Waals surface area contributed by atoms with Gasteiger partial charge in [0.1, 0.15) is 10.2 Å². The van der Waals surface area contributed by atoms with Gasteiger partial charge in [-0.3, -0.25) is 0 Å². The third kappa shape index (κ3) is 3.29. The molecule has 0 aromatic carbocycles. The minimum absolute atomic E-state index is 0.151. The second-order valence-corrected chi connectivity index (χ2v) is 6.55. The SMILES string of the molecule is Nc1nc(Cl)cc(Sc2nnc(N3CCOCC3)s2)n1. The van der Waals surface area contributed by atoms with Crippen molar-refractivity contribution in [2.75, 3.05) is 36.9 Å². The van der Waals surface area contributed by atoms with Gasteiger partial charge in [-0.1, -0.05) is 22.9 Å². The van der Waals surface area contributed by atoms with Gasteiger partial charge in [-0.2, -0.15) is 0 Å². The van der Waals surface area contributed by atoms with E-state index in [1.807, 2.05) is 0 Å². The summed E-state index contributed by atoms with van der Waals surface area (Å²) in [6.45, 7) is 3.12. The van der Waals surface area contributed by atoms with Gasteiger partial charge in [-0.15, -0.1) is 10.2 Å². The number of halogens is 1. The highest BCUT2D eigenvalue weighted by Gasteiger charge is 2.16. The normalized spacial score (nSPS) is 15.6. The molecule has 0 aliphatic carbocycles. The number of rotatable bonds is 3. The van der Waals surface area contributed by atoms with Crippen molar-refractivity contribution in [1.82, 2.24) is 20.2 Å². The van der Waals surface area contributed by atoms with Gasteiger partial charge in [-0.05, 0) is 11.8 Å². The van der Waals surface area contributed by atoms with E-state index in [1.165, 1.54) is 23.1 Å². The number of nitrogens with two attached hydrogens (primary N) is 1. The molecule has 0 spiro atoms. The fourth-order valence-corrected chi connectivity index (χ4v) is 3.78. The van der Waals surface area contributed by atoms with Crippen molar-refractivity contribution >= 4 is 45.8 Å². The Kier molecular flexibility index (Phi) is 4.20. The highest BCUT2D eigenvalue weighted by Crippen LogP contribution is 2.33. The second kappa shape index (κ2) is 6.08. The first-order chi connectivity index (χ1) is 9.70. The molecule has 1 saturated heterocycles. The van der Waals surface area contributed by atoms with Crippen LogP contribution in [0.15, 0.2) is 15.4 Å². The van der Waals surface area contributed by atoms with Crippen LogP contribution in [0.5, 0.6) is 0 Å². The molecule has 0 amide bonds. The van der Waals surface area contributed by atoms with Crippen molar-refractivity contribution in [2.45, 2.75) is 9.37 Å². The lowest BCUT2D eigenvalue weighted by molar-refractivity contribution is 0.122. The van der Waals surface area contributed by atoms with Crippen LogP contribution in [0.25, 0.3) is 0 Å². The van der Waals surface area contributed by atoms with Gasteiger partial charge in [0.2, 0.25) is 11.1 Å². The zero-order valence-corrected chi connectivity index (χ0v) is 12.7. The minimum atomic E-state index is 0.151. The Morgan fingerprint density at radius 2 is 2.10 bits per heavy atom. The molecule has 2 aromatic heterocycles. The summed E-state index contributed by atoms with van der Waals surface area (Å²) in [4.78, 5) is 10.1. The van der Waals surface area contributed by atoms with Crippen molar-refractivity contribution in [3.8, 4) is 0 Å². The summed E-state index contributed by atoms with van der Waals surface area (Å²) in [6, 6.07) is 1.65. The lowest BCUT2D eigenvalue weighted by Gasteiger charge is -2.25. The van der Waals surface area contributed by atoms with Crippen LogP contribution in [0.3, 0.4) is 0 Å². The number of aromatic nitrogens is 4. The first kappa shape index (κ1) is 13.8. The van der Waals surface area contributed by atoms with Crippen LogP contribution in [0.2, 0.25) is 5.15 Å². The fourth-order valence-electron chi connectivity index (χ4n) is 1.68. The second-order valence-electron chi connectivity index (χ2n) is 3.94. The molecule has 1 aliphatic rings. The molecule has 106 valence electrons. The van der Waals surface area contributed by atoms with Crippen LogP contribution in [-0.4, -0.2) is 46.5 Å². The van der Waals surface area contributed by atoms with E-state index in [0.717, 1.165) is 35.8 Å². The third-order valence-corrected chi connectivity index (χ3v) is 4.70. The van der Waals surface area contributed by atoms with Crippen molar-refractivity contribution in [3.05, 3.63) is 11.2 Å². The van der Waals surface area contributed by atoms with Gasteiger partial charge in [0, 0.05) is 19.2 Å². The van der Waals surface area contributed by atoms with E-state index < -0.39 is 0 Å². The summed E-state index contributed by atoms with van der Waals surface area (Å²) in [6.07, 6.45) is 0. The number of anilines is 2. The number of hydrogen-bond donors (Lipinski definition) is 1. The van der Waals surface area contributed by atoms with Crippen LogP contribution in [0.4, 0.5) is 11.1 Å². The first-order valence-corrected chi connectivity index (χ1v) is 7.86. The molecule has 7 nitrogen and oxygen atoms in total. The van der Waals surface area contributed by atoms with Gasteiger partial charge < -0.3 is 15.4 Å². The van der Waals surface area contributed by atoms with Gasteiger partial charge in [0.05, 0.1) is 13.2 Å². The maximum Gasteiger partial charge on any atom is 0.222 e. The van der Waals surface area contributed by atoms with E-state index in [0.29, 0.717) is 10.2 Å². The lowest BCUT2D eigenvalue weighted by atomic mass is 10.5. The monoisotopic (exact) mass is 330 g/mol. The van der Waals surface area contributed by atoms with Crippen LogP contribution < -0.4 is 10.6 Å². The van der Waals surface area contributed by atoms with Crippen molar-refractivity contribution in [3.63, 3.8) is 0 Å². The summed E-state index contributed by atoms with van der Waals surface area (Å²) < 4.78 is 6.11. The van der Waals surface area contributed by atoms with Gasteiger partial charge in [0.25, 0.3) is 0 Å². The Balaban J connectivity index is 1.73. The zero-order chi connectivity index (χ0) is 13.9. The van der Waals surface area contributed by atoms with Crippen molar-refractivity contribution in [2.24, 2.45) is 0 Å². The molecule has 1 aliphatic heterocycles. The maximum atomic E-state index is 5.84. The summed E-state index contributed by atoms with van der Waals surface area (Å²) in [5.41, 5.74) is 5.56. The molecule has 3 heterocycles. The molecule has 10 heteroatoms. The molecule has 0 radical (unpaired) electrons. The molecule has 20 heavy (non-hydrogen) atoms. The average Bonchev–Trinajstić information content (AvgIpc) is 2.87. The summed E-state index contributed by atoms with van der Waals surface area (Å²) in [5.74, 6) is 0.151. The molecule has 0 unspecified atom stereocenters. The van der Waals surface area contributed by atoms with Crippen LogP contribution in [-0.2, 0) is 4.74 Å². The molecular weight excluding hydrogens is 320 g/mol. The number of hydrogen-bond acceptors (Lipinski definition) is 9. The zero-order valence-electron chi connectivity index (χ0n) is 10.3. The Labute approximate surface area is 128 Å². The van der Waals surface area contributed by atoms with Crippen LogP contribution in [0, 0.1) is 0 Å². The first-order valence-electron chi connectivity index (χ1n) is 5.85. The van der Waals surface area contributed by atoms with Gasteiger partial charge >= 0.3 is 0 Å². The molecular formula is C10H11ClN6OS2. The van der Waals surface area contributed by atoms with Gasteiger partial charge in [0.15, 0.2) is 4.34 Å². The smallest absolute Gasteiger partial charge is 0.222 e. The highest BCUT2D eigenvalue weighted by atomic mass is 35.5. The Morgan fingerprint density at radius 3 is 2.85 bits per heavy atom. The number of morpholine rings is 1. The fraction of sp³-hybridized carbons (Fsp3) is 0.400.